The highest BCUT2D eigenvalue weighted by Crippen LogP contribution is 2.25. The third kappa shape index (κ3) is 3.96. The van der Waals surface area contributed by atoms with E-state index in [1.54, 1.807) is 0 Å². The van der Waals surface area contributed by atoms with Gasteiger partial charge in [-0.2, -0.15) is 0 Å². The number of anilines is 1. The van der Waals surface area contributed by atoms with Gasteiger partial charge in [0.2, 0.25) is 0 Å². The van der Waals surface area contributed by atoms with Crippen molar-refractivity contribution in [3.05, 3.63) is 28.2 Å². The zero-order chi connectivity index (χ0) is 12.8. The van der Waals surface area contributed by atoms with Gasteiger partial charge in [-0.15, -0.1) is 0 Å². The predicted octanol–water partition coefficient (Wildman–Crippen LogP) is 3.71. The predicted molar refractivity (Wildman–Crippen MR) is 82.8 cm³/mol. The lowest BCUT2D eigenvalue weighted by molar-refractivity contribution is 0.744. The summed E-state index contributed by atoms with van der Waals surface area (Å²) in [5, 5.41) is 0. The summed E-state index contributed by atoms with van der Waals surface area (Å²) < 4.78 is 1.06. The van der Waals surface area contributed by atoms with E-state index in [0.717, 1.165) is 41.7 Å². The molecule has 4 heteroatoms. The number of thiocarbonyl (C=S) groups is 1. The first kappa shape index (κ1) is 14.5. The third-order valence-corrected chi connectivity index (χ3v) is 3.27. The molecule has 0 aliphatic heterocycles. The molecule has 94 valence electrons. The molecule has 0 unspecified atom stereocenters. The van der Waals surface area contributed by atoms with Crippen molar-refractivity contribution in [1.29, 1.82) is 0 Å². The van der Waals surface area contributed by atoms with Crippen molar-refractivity contribution < 1.29 is 0 Å². The average molecular weight is 315 g/mol. The summed E-state index contributed by atoms with van der Waals surface area (Å²) in [5.41, 5.74) is 7.88. The van der Waals surface area contributed by atoms with Crippen molar-refractivity contribution in [3.8, 4) is 0 Å². The molecule has 0 aliphatic carbocycles. The molecular weight excluding hydrogens is 296 g/mol. The van der Waals surface area contributed by atoms with Crippen LogP contribution in [0.1, 0.15) is 32.3 Å². The van der Waals surface area contributed by atoms with Crippen molar-refractivity contribution >= 4 is 38.8 Å². The van der Waals surface area contributed by atoms with Gasteiger partial charge in [0.1, 0.15) is 4.99 Å². The normalized spacial score (nSPS) is 10.3. The Bertz CT molecular complexity index is 387. The molecule has 0 radical (unpaired) electrons. The maximum absolute atomic E-state index is 5.78. The minimum absolute atomic E-state index is 0.463. The molecule has 0 amide bonds. The molecule has 1 rings (SSSR count). The molecule has 17 heavy (non-hydrogen) atoms. The molecule has 0 aromatic heterocycles. The summed E-state index contributed by atoms with van der Waals surface area (Å²) in [6, 6.07) is 6.06. The van der Waals surface area contributed by atoms with E-state index in [0.29, 0.717) is 4.99 Å². The molecule has 0 bridgehead atoms. The first-order chi connectivity index (χ1) is 8.10. The number of rotatable bonds is 6. The maximum atomic E-state index is 5.78. The van der Waals surface area contributed by atoms with Crippen LogP contribution in [0.25, 0.3) is 0 Å². The van der Waals surface area contributed by atoms with Crippen LogP contribution in [0, 0.1) is 0 Å². The van der Waals surface area contributed by atoms with Gasteiger partial charge in [0.25, 0.3) is 0 Å². The Morgan fingerprint density at radius 1 is 1.29 bits per heavy atom. The number of hydrogen-bond donors (Lipinski definition) is 1. The van der Waals surface area contributed by atoms with Gasteiger partial charge in [0, 0.05) is 28.8 Å². The first-order valence-corrected chi connectivity index (χ1v) is 7.14. The topological polar surface area (TPSA) is 29.3 Å². The van der Waals surface area contributed by atoms with Crippen LogP contribution in [0.4, 0.5) is 5.69 Å². The summed E-state index contributed by atoms with van der Waals surface area (Å²) in [6.07, 6.45) is 2.23. The third-order valence-electron chi connectivity index (χ3n) is 2.55. The van der Waals surface area contributed by atoms with E-state index < -0.39 is 0 Å². The highest BCUT2D eigenvalue weighted by molar-refractivity contribution is 9.10. The molecule has 0 aliphatic rings. The van der Waals surface area contributed by atoms with Crippen LogP contribution >= 0.6 is 28.1 Å². The lowest BCUT2D eigenvalue weighted by Crippen LogP contribution is -2.27. The minimum atomic E-state index is 0.463. The Balaban J connectivity index is 3.14. The fourth-order valence-corrected chi connectivity index (χ4v) is 2.39. The van der Waals surface area contributed by atoms with Crippen molar-refractivity contribution in [2.24, 2.45) is 5.73 Å². The van der Waals surface area contributed by atoms with Crippen molar-refractivity contribution in [1.82, 2.24) is 0 Å². The Labute approximate surface area is 117 Å². The van der Waals surface area contributed by atoms with E-state index >= 15 is 0 Å². The van der Waals surface area contributed by atoms with Crippen LogP contribution in [0.15, 0.2) is 22.7 Å². The fourth-order valence-electron chi connectivity index (χ4n) is 1.87. The molecule has 0 spiro atoms. The molecule has 1 aromatic rings. The van der Waals surface area contributed by atoms with Crippen molar-refractivity contribution in [3.63, 3.8) is 0 Å². The van der Waals surface area contributed by atoms with Crippen LogP contribution in [-0.4, -0.2) is 18.1 Å². The highest BCUT2D eigenvalue weighted by Gasteiger charge is 2.12. The van der Waals surface area contributed by atoms with Gasteiger partial charge >= 0.3 is 0 Å². The fraction of sp³-hybridized carbons (Fsp3) is 0.462. The second-order valence-electron chi connectivity index (χ2n) is 4.01. The summed E-state index contributed by atoms with van der Waals surface area (Å²) in [6.45, 7) is 6.42. The Kier molecular flexibility index (Phi) is 5.92. The van der Waals surface area contributed by atoms with E-state index in [2.05, 4.69) is 40.7 Å². The summed E-state index contributed by atoms with van der Waals surface area (Å²) in [5.74, 6) is 0. The number of hydrogen-bond acceptors (Lipinski definition) is 2. The van der Waals surface area contributed by atoms with Gasteiger partial charge in [-0.05, 0) is 31.0 Å². The molecule has 0 heterocycles. The molecule has 0 fully saturated rings. The van der Waals surface area contributed by atoms with Crippen LogP contribution in [0.2, 0.25) is 0 Å². The van der Waals surface area contributed by atoms with Gasteiger partial charge in [-0.25, -0.2) is 0 Å². The maximum Gasteiger partial charge on any atom is 0.106 e. The van der Waals surface area contributed by atoms with Gasteiger partial charge in [-0.1, -0.05) is 42.0 Å². The van der Waals surface area contributed by atoms with E-state index in [-0.39, 0.29) is 0 Å². The number of halogens is 1. The summed E-state index contributed by atoms with van der Waals surface area (Å²) >= 11 is 8.62. The van der Waals surface area contributed by atoms with Gasteiger partial charge in [0.15, 0.2) is 0 Å². The Hall–Kier alpha value is -0.610. The summed E-state index contributed by atoms with van der Waals surface area (Å²) in [7, 11) is 0. The monoisotopic (exact) mass is 314 g/mol. The van der Waals surface area contributed by atoms with Gasteiger partial charge in [-0.3, -0.25) is 0 Å². The van der Waals surface area contributed by atoms with Crippen molar-refractivity contribution in [2.45, 2.75) is 26.7 Å². The highest BCUT2D eigenvalue weighted by atomic mass is 79.9. The zero-order valence-electron chi connectivity index (χ0n) is 10.4. The largest absolute Gasteiger partial charge is 0.389 e. The van der Waals surface area contributed by atoms with Gasteiger partial charge in [0.05, 0.1) is 0 Å². The molecule has 2 nitrogen and oxygen atoms in total. The van der Waals surface area contributed by atoms with E-state index in [9.17, 15) is 0 Å². The standard InChI is InChI=1S/C13H19BrN2S/c1-3-7-16(8-4-2)12-9-10(14)5-6-11(12)13(15)17/h5-6,9H,3-4,7-8H2,1-2H3,(H2,15,17). The smallest absolute Gasteiger partial charge is 0.106 e. The zero-order valence-corrected chi connectivity index (χ0v) is 12.8. The lowest BCUT2D eigenvalue weighted by Gasteiger charge is -2.26. The van der Waals surface area contributed by atoms with Crippen LogP contribution < -0.4 is 10.6 Å². The second-order valence-corrected chi connectivity index (χ2v) is 5.37. The Morgan fingerprint density at radius 3 is 2.35 bits per heavy atom. The number of nitrogens with zero attached hydrogens (tertiary/aromatic N) is 1. The second kappa shape index (κ2) is 6.97. The average Bonchev–Trinajstić information content (AvgIpc) is 2.28. The molecule has 0 saturated carbocycles. The van der Waals surface area contributed by atoms with E-state index in [1.165, 1.54) is 0 Å². The lowest BCUT2D eigenvalue weighted by atomic mass is 10.1. The minimum Gasteiger partial charge on any atom is -0.389 e. The summed E-state index contributed by atoms with van der Waals surface area (Å²) in [4.78, 5) is 2.81. The number of benzene rings is 1. The molecule has 0 saturated heterocycles. The molecule has 2 N–H and O–H groups in total. The van der Waals surface area contributed by atoms with E-state index in [1.807, 2.05) is 12.1 Å². The van der Waals surface area contributed by atoms with Gasteiger partial charge < -0.3 is 10.6 Å². The quantitative estimate of drug-likeness (QED) is 0.812. The van der Waals surface area contributed by atoms with Crippen LogP contribution in [0.5, 0.6) is 0 Å². The SMILES string of the molecule is CCCN(CCC)c1cc(Br)ccc1C(N)=S. The van der Waals surface area contributed by atoms with Crippen molar-refractivity contribution in [2.75, 3.05) is 18.0 Å². The molecule has 0 atom stereocenters. The first-order valence-electron chi connectivity index (χ1n) is 5.94. The molecule has 1 aromatic carbocycles. The number of nitrogens with two attached hydrogens (primary N) is 1. The van der Waals surface area contributed by atoms with E-state index in [4.69, 9.17) is 18.0 Å². The Morgan fingerprint density at radius 2 is 1.88 bits per heavy atom. The molecular formula is C13H19BrN2S. The van der Waals surface area contributed by atoms with Crippen LogP contribution in [0.3, 0.4) is 0 Å². The van der Waals surface area contributed by atoms with Crippen LogP contribution in [-0.2, 0) is 0 Å².